The molecule has 2 aromatic carbocycles. The number of carboxylic acid groups (broad SMARTS) is 1. The molecular formula is C14H9INO3-. The zero-order valence-corrected chi connectivity index (χ0v) is 11.9. The Morgan fingerprint density at radius 2 is 1.53 bits per heavy atom. The maximum absolute atomic E-state index is 12.0. The van der Waals surface area contributed by atoms with Gasteiger partial charge in [0.15, 0.2) is 0 Å². The molecule has 0 atom stereocenters. The second-order valence-electron chi connectivity index (χ2n) is 3.79. The minimum atomic E-state index is -1.37. The van der Waals surface area contributed by atoms with Gasteiger partial charge < -0.3 is 15.2 Å². The summed E-state index contributed by atoms with van der Waals surface area (Å²) >= 11 is 2.16. The van der Waals surface area contributed by atoms with Crippen LogP contribution in [0.1, 0.15) is 20.7 Å². The van der Waals surface area contributed by atoms with Crippen LogP contribution in [-0.2, 0) is 0 Å². The van der Waals surface area contributed by atoms with Gasteiger partial charge in [-0.25, -0.2) is 0 Å². The molecule has 0 heterocycles. The fourth-order valence-electron chi connectivity index (χ4n) is 1.59. The summed E-state index contributed by atoms with van der Waals surface area (Å²) in [5, 5.41) is 13.6. The standard InChI is InChI=1S/C14H10INO3/c15-9-5-7-10(8-6-9)16-13(17)11-3-1-2-4-12(11)14(18)19/h1-8H,(H,16,17)(H,18,19)/p-1. The fraction of sp³-hybridized carbons (Fsp3) is 0. The van der Waals surface area contributed by atoms with Crippen LogP contribution in [0.3, 0.4) is 0 Å². The normalized spacial score (nSPS) is 9.95. The van der Waals surface area contributed by atoms with Crippen LogP contribution >= 0.6 is 22.6 Å². The van der Waals surface area contributed by atoms with Gasteiger partial charge in [-0.1, -0.05) is 18.2 Å². The van der Waals surface area contributed by atoms with E-state index in [2.05, 4.69) is 27.9 Å². The maximum Gasteiger partial charge on any atom is 0.256 e. The summed E-state index contributed by atoms with van der Waals surface area (Å²) in [5.74, 6) is -1.84. The molecule has 1 N–H and O–H groups in total. The lowest BCUT2D eigenvalue weighted by molar-refractivity contribution is -0.255. The Labute approximate surface area is 123 Å². The van der Waals surface area contributed by atoms with E-state index in [9.17, 15) is 14.7 Å². The number of rotatable bonds is 3. The molecule has 0 saturated heterocycles. The first-order valence-electron chi connectivity index (χ1n) is 5.45. The lowest BCUT2D eigenvalue weighted by Gasteiger charge is -2.10. The van der Waals surface area contributed by atoms with Gasteiger partial charge in [0.05, 0.1) is 5.97 Å². The van der Waals surface area contributed by atoms with E-state index in [4.69, 9.17) is 0 Å². The molecule has 0 unspecified atom stereocenters. The van der Waals surface area contributed by atoms with E-state index >= 15 is 0 Å². The zero-order valence-electron chi connectivity index (χ0n) is 9.72. The van der Waals surface area contributed by atoms with Crippen molar-refractivity contribution in [1.29, 1.82) is 0 Å². The van der Waals surface area contributed by atoms with Crippen molar-refractivity contribution in [3.8, 4) is 0 Å². The monoisotopic (exact) mass is 366 g/mol. The van der Waals surface area contributed by atoms with Crippen LogP contribution in [0.4, 0.5) is 5.69 Å². The molecule has 5 heteroatoms. The van der Waals surface area contributed by atoms with Crippen LogP contribution in [0.2, 0.25) is 0 Å². The highest BCUT2D eigenvalue weighted by molar-refractivity contribution is 14.1. The number of hydrogen-bond donors (Lipinski definition) is 1. The number of carbonyl (C=O) groups excluding carboxylic acids is 2. The second kappa shape index (κ2) is 5.83. The van der Waals surface area contributed by atoms with Crippen LogP contribution in [0, 0.1) is 3.57 Å². The van der Waals surface area contributed by atoms with E-state index in [1.807, 2.05) is 12.1 Å². The van der Waals surface area contributed by atoms with Crippen LogP contribution in [0.15, 0.2) is 48.5 Å². The smallest absolute Gasteiger partial charge is 0.256 e. The number of amides is 1. The van der Waals surface area contributed by atoms with E-state index in [1.54, 1.807) is 24.3 Å². The lowest BCUT2D eigenvalue weighted by Crippen LogP contribution is -2.26. The molecular weight excluding hydrogens is 357 g/mol. The third-order valence-corrected chi connectivity index (χ3v) is 3.21. The van der Waals surface area contributed by atoms with E-state index in [0.29, 0.717) is 5.69 Å². The summed E-state index contributed by atoms with van der Waals surface area (Å²) in [4.78, 5) is 23.0. The van der Waals surface area contributed by atoms with Crippen molar-refractivity contribution in [1.82, 2.24) is 0 Å². The molecule has 0 aromatic heterocycles. The topological polar surface area (TPSA) is 69.2 Å². The summed E-state index contributed by atoms with van der Waals surface area (Å²) < 4.78 is 1.05. The Kier molecular flexibility index (Phi) is 4.16. The molecule has 0 spiro atoms. The molecule has 0 aliphatic heterocycles. The molecule has 0 radical (unpaired) electrons. The average Bonchev–Trinajstić information content (AvgIpc) is 2.41. The van der Waals surface area contributed by atoms with Crippen molar-refractivity contribution in [2.45, 2.75) is 0 Å². The quantitative estimate of drug-likeness (QED) is 0.844. The lowest BCUT2D eigenvalue weighted by atomic mass is 10.1. The molecule has 0 saturated carbocycles. The van der Waals surface area contributed by atoms with Gasteiger partial charge in [-0.3, -0.25) is 4.79 Å². The highest BCUT2D eigenvalue weighted by atomic mass is 127. The largest absolute Gasteiger partial charge is 0.545 e. The minimum Gasteiger partial charge on any atom is -0.545 e. The molecule has 0 bridgehead atoms. The summed E-state index contributed by atoms with van der Waals surface area (Å²) in [6.45, 7) is 0. The van der Waals surface area contributed by atoms with Crippen molar-refractivity contribution < 1.29 is 14.7 Å². The summed E-state index contributed by atoms with van der Waals surface area (Å²) in [6, 6.07) is 13.2. The van der Waals surface area contributed by atoms with Gasteiger partial charge in [-0.2, -0.15) is 0 Å². The van der Waals surface area contributed by atoms with E-state index in [-0.39, 0.29) is 11.1 Å². The van der Waals surface area contributed by atoms with Crippen LogP contribution in [0.25, 0.3) is 0 Å². The zero-order chi connectivity index (χ0) is 13.8. The first-order valence-corrected chi connectivity index (χ1v) is 6.53. The van der Waals surface area contributed by atoms with Crippen molar-refractivity contribution in [2.75, 3.05) is 5.32 Å². The number of aromatic carboxylic acids is 1. The number of carbonyl (C=O) groups is 2. The first kappa shape index (κ1) is 13.5. The Bertz CT molecular complexity index is 623. The van der Waals surface area contributed by atoms with E-state index in [1.165, 1.54) is 12.1 Å². The summed E-state index contributed by atoms with van der Waals surface area (Å²) in [6.07, 6.45) is 0. The number of anilines is 1. The Hall–Kier alpha value is -1.89. The predicted octanol–water partition coefficient (Wildman–Crippen LogP) is 1.91. The molecule has 2 aromatic rings. The van der Waals surface area contributed by atoms with Crippen molar-refractivity contribution >= 4 is 40.2 Å². The average molecular weight is 366 g/mol. The Balaban J connectivity index is 2.25. The predicted molar refractivity (Wildman–Crippen MR) is 77.9 cm³/mol. The highest BCUT2D eigenvalue weighted by Crippen LogP contribution is 2.14. The SMILES string of the molecule is O=C([O-])c1ccccc1C(=O)Nc1ccc(I)cc1. The molecule has 0 fully saturated rings. The first-order chi connectivity index (χ1) is 9.08. The van der Waals surface area contributed by atoms with Gasteiger partial charge in [0.2, 0.25) is 0 Å². The molecule has 4 nitrogen and oxygen atoms in total. The van der Waals surface area contributed by atoms with Gasteiger partial charge in [0.25, 0.3) is 5.91 Å². The van der Waals surface area contributed by atoms with Gasteiger partial charge in [-0.05, 0) is 52.9 Å². The van der Waals surface area contributed by atoms with Crippen molar-refractivity contribution in [3.05, 3.63) is 63.2 Å². The van der Waals surface area contributed by atoms with Crippen molar-refractivity contribution in [2.24, 2.45) is 0 Å². The van der Waals surface area contributed by atoms with E-state index in [0.717, 1.165) is 3.57 Å². The summed E-state index contributed by atoms with van der Waals surface area (Å²) in [5.41, 5.74) is 0.574. The van der Waals surface area contributed by atoms with Gasteiger partial charge in [0, 0.05) is 20.4 Å². The molecule has 19 heavy (non-hydrogen) atoms. The van der Waals surface area contributed by atoms with Crippen LogP contribution in [-0.4, -0.2) is 11.9 Å². The molecule has 1 amide bonds. The number of benzene rings is 2. The fourth-order valence-corrected chi connectivity index (χ4v) is 1.95. The third-order valence-electron chi connectivity index (χ3n) is 2.49. The molecule has 0 aliphatic carbocycles. The highest BCUT2D eigenvalue weighted by Gasteiger charge is 2.11. The van der Waals surface area contributed by atoms with Crippen LogP contribution < -0.4 is 10.4 Å². The number of hydrogen-bond acceptors (Lipinski definition) is 3. The maximum atomic E-state index is 12.0. The number of carboxylic acids is 1. The molecule has 0 aliphatic rings. The van der Waals surface area contributed by atoms with Gasteiger partial charge in [0.1, 0.15) is 0 Å². The number of nitrogens with one attached hydrogen (secondary N) is 1. The molecule has 96 valence electrons. The van der Waals surface area contributed by atoms with Gasteiger partial charge in [-0.15, -0.1) is 0 Å². The van der Waals surface area contributed by atoms with Crippen LogP contribution in [0.5, 0.6) is 0 Å². The molecule has 2 rings (SSSR count). The second-order valence-corrected chi connectivity index (χ2v) is 5.04. The Morgan fingerprint density at radius 1 is 0.947 bits per heavy atom. The van der Waals surface area contributed by atoms with E-state index < -0.39 is 11.9 Å². The van der Waals surface area contributed by atoms with Crippen molar-refractivity contribution in [3.63, 3.8) is 0 Å². The summed E-state index contributed by atoms with van der Waals surface area (Å²) in [7, 11) is 0. The van der Waals surface area contributed by atoms with Gasteiger partial charge >= 0.3 is 0 Å². The number of halogens is 1. The third kappa shape index (κ3) is 3.31. The Morgan fingerprint density at radius 3 is 2.11 bits per heavy atom. The minimum absolute atomic E-state index is 0.0843.